The van der Waals surface area contributed by atoms with Crippen LogP contribution in [0.25, 0.3) is 0 Å². The first-order chi connectivity index (χ1) is 12.1. The minimum Gasteiger partial charge on any atom is -0.508 e. The molecule has 0 bridgehead atoms. The van der Waals surface area contributed by atoms with Gasteiger partial charge in [-0.25, -0.2) is 0 Å². The van der Waals surface area contributed by atoms with Gasteiger partial charge in [0.25, 0.3) is 11.8 Å². The molecule has 0 atom stereocenters. The van der Waals surface area contributed by atoms with Crippen molar-refractivity contribution in [2.75, 3.05) is 10.6 Å². The van der Waals surface area contributed by atoms with Gasteiger partial charge in [0.15, 0.2) is 0 Å². The summed E-state index contributed by atoms with van der Waals surface area (Å²) in [5.74, 6) is -1.10. The fraction of sp³-hybridized carbons (Fsp3) is 0. The molecule has 124 valence electrons. The molecule has 3 rings (SSSR count). The van der Waals surface area contributed by atoms with Crippen molar-refractivity contribution >= 4 is 23.2 Å². The SMILES string of the molecule is O=C(Nc1cccnc1)c1cc(O)cc(C(=O)Nc2cccnc2)c1. The van der Waals surface area contributed by atoms with Gasteiger partial charge in [-0.2, -0.15) is 0 Å². The Hall–Kier alpha value is -3.74. The molecule has 0 radical (unpaired) electrons. The maximum Gasteiger partial charge on any atom is 0.255 e. The molecule has 3 aromatic rings. The average Bonchev–Trinajstić information content (AvgIpc) is 2.63. The second-order valence-corrected chi connectivity index (χ2v) is 5.16. The van der Waals surface area contributed by atoms with Crippen molar-refractivity contribution in [1.82, 2.24) is 9.97 Å². The molecule has 2 amide bonds. The molecule has 3 N–H and O–H groups in total. The summed E-state index contributed by atoms with van der Waals surface area (Å²) >= 11 is 0. The van der Waals surface area contributed by atoms with E-state index in [4.69, 9.17) is 0 Å². The zero-order valence-corrected chi connectivity index (χ0v) is 13.0. The predicted octanol–water partition coefficient (Wildman–Crippen LogP) is 2.69. The van der Waals surface area contributed by atoms with Crippen LogP contribution in [-0.4, -0.2) is 26.9 Å². The van der Waals surface area contributed by atoms with Crippen LogP contribution in [0.1, 0.15) is 20.7 Å². The van der Waals surface area contributed by atoms with E-state index in [0.29, 0.717) is 11.4 Å². The van der Waals surface area contributed by atoms with Crippen LogP contribution in [0.4, 0.5) is 11.4 Å². The van der Waals surface area contributed by atoms with Crippen LogP contribution >= 0.6 is 0 Å². The molecular weight excluding hydrogens is 320 g/mol. The Morgan fingerprint density at radius 2 is 1.28 bits per heavy atom. The lowest BCUT2D eigenvalue weighted by Crippen LogP contribution is -2.15. The van der Waals surface area contributed by atoms with E-state index in [1.54, 1.807) is 36.7 Å². The summed E-state index contributed by atoms with van der Waals surface area (Å²) in [6.07, 6.45) is 6.17. The number of anilines is 2. The van der Waals surface area contributed by atoms with Crippen LogP contribution in [0.3, 0.4) is 0 Å². The maximum absolute atomic E-state index is 12.3. The molecule has 2 aromatic heterocycles. The molecule has 0 spiro atoms. The molecule has 0 aliphatic rings. The number of hydrogen-bond donors (Lipinski definition) is 3. The molecule has 7 nitrogen and oxygen atoms in total. The van der Waals surface area contributed by atoms with Crippen LogP contribution < -0.4 is 10.6 Å². The first kappa shape index (κ1) is 16.1. The third kappa shape index (κ3) is 4.17. The first-order valence-electron chi connectivity index (χ1n) is 7.38. The fourth-order valence-electron chi connectivity index (χ4n) is 2.15. The van der Waals surface area contributed by atoms with Gasteiger partial charge in [-0.05, 0) is 42.5 Å². The highest BCUT2D eigenvalue weighted by molar-refractivity contribution is 6.09. The Labute approximate surface area is 143 Å². The monoisotopic (exact) mass is 334 g/mol. The molecule has 7 heteroatoms. The number of amides is 2. The van der Waals surface area contributed by atoms with Crippen molar-refractivity contribution in [2.24, 2.45) is 0 Å². The summed E-state index contributed by atoms with van der Waals surface area (Å²) in [4.78, 5) is 32.4. The van der Waals surface area contributed by atoms with Crippen molar-refractivity contribution in [3.63, 3.8) is 0 Å². The number of rotatable bonds is 4. The summed E-state index contributed by atoms with van der Waals surface area (Å²) in [6.45, 7) is 0. The van der Waals surface area contributed by atoms with Crippen LogP contribution in [0.15, 0.2) is 67.3 Å². The smallest absolute Gasteiger partial charge is 0.255 e. The van der Waals surface area contributed by atoms with E-state index in [1.165, 1.54) is 30.6 Å². The molecule has 0 aliphatic heterocycles. The van der Waals surface area contributed by atoms with Gasteiger partial charge >= 0.3 is 0 Å². The number of carbonyl (C=O) groups is 2. The van der Waals surface area contributed by atoms with Gasteiger partial charge in [-0.3, -0.25) is 19.6 Å². The largest absolute Gasteiger partial charge is 0.508 e. The zero-order chi connectivity index (χ0) is 17.6. The second kappa shape index (κ2) is 7.22. The number of aromatic hydroxyl groups is 1. The molecule has 0 fully saturated rings. The summed E-state index contributed by atoms with van der Waals surface area (Å²) in [5.41, 5.74) is 1.33. The molecular formula is C18H14N4O3. The van der Waals surface area contributed by atoms with Gasteiger partial charge in [0.1, 0.15) is 5.75 Å². The number of nitrogens with zero attached hydrogens (tertiary/aromatic N) is 2. The number of aromatic nitrogens is 2. The Bertz CT molecular complexity index is 827. The molecule has 2 heterocycles. The van der Waals surface area contributed by atoms with E-state index in [-0.39, 0.29) is 16.9 Å². The lowest BCUT2D eigenvalue weighted by atomic mass is 10.1. The average molecular weight is 334 g/mol. The van der Waals surface area contributed by atoms with E-state index in [9.17, 15) is 14.7 Å². The van der Waals surface area contributed by atoms with Crippen LogP contribution in [0.2, 0.25) is 0 Å². The van der Waals surface area contributed by atoms with Crippen LogP contribution in [0, 0.1) is 0 Å². The van der Waals surface area contributed by atoms with E-state index in [1.807, 2.05) is 0 Å². The highest BCUT2D eigenvalue weighted by atomic mass is 16.3. The minimum atomic E-state index is -0.459. The zero-order valence-electron chi connectivity index (χ0n) is 13.0. The molecule has 0 saturated heterocycles. The highest BCUT2D eigenvalue weighted by Crippen LogP contribution is 2.18. The Morgan fingerprint density at radius 3 is 1.68 bits per heavy atom. The lowest BCUT2D eigenvalue weighted by Gasteiger charge is -2.09. The van der Waals surface area contributed by atoms with Gasteiger partial charge in [-0.15, -0.1) is 0 Å². The van der Waals surface area contributed by atoms with Crippen molar-refractivity contribution in [2.45, 2.75) is 0 Å². The van der Waals surface area contributed by atoms with Gasteiger partial charge in [0, 0.05) is 23.5 Å². The first-order valence-corrected chi connectivity index (χ1v) is 7.38. The maximum atomic E-state index is 12.3. The number of nitrogens with one attached hydrogen (secondary N) is 2. The minimum absolute atomic E-state index is 0.153. The molecule has 0 unspecified atom stereocenters. The van der Waals surface area contributed by atoms with Crippen molar-refractivity contribution in [1.29, 1.82) is 0 Å². The van der Waals surface area contributed by atoms with Crippen molar-refractivity contribution < 1.29 is 14.7 Å². The lowest BCUT2D eigenvalue weighted by molar-refractivity contribution is 0.102. The van der Waals surface area contributed by atoms with Crippen molar-refractivity contribution in [3.05, 3.63) is 78.4 Å². The van der Waals surface area contributed by atoms with E-state index >= 15 is 0 Å². The topological polar surface area (TPSA) is 104 Å². The number of phenols is 1. The van der Waals surface area contributed by atoms with Gasteiger partial charge < -0.3 is 15.7 Å². The number of pyridine rings is 2. The second-order valence-electron chi connectivity index (χ2n) is 5.16. The van der Waals surface area contributed by atoms with Crippen LogP contribution in [-0.2, 0) is 0 Å². The normalized spacial score (nSPS) is 10.1. The fourth-order valence-corrected chi connectivity index (χ4v) is 2.15. The third-order valence-corrected chi connectivity index (χ3v) is 3.28. The van der Waals surface area contributed by atoms with Crippen LogP contribution in [0.5, 0.6) is 5.75 Å². The quantitative estimate of drug-likeness (QED) is 0.680. The van der Waals surface area contributed by atoms with Gasteiger partial charge in [0.2, 0.25) is 0 Å². The number of carbonyl (C=O) groups excluding carboxylic acids is 2. The van der Waals surface area contributed by atoms with E-state index in [2.05, 4.69) is 20.6 Å². The Kier molecular flexibility index (Phi) is 4.66. The Balaban J connectivity index is 1.80. The van der Waals surface area contributed by atoms with Gasteiger partial charge in [-0.1, -0.05) is 0 Å². The number of benzene rings is 1. The predicted molar refractivity (Wildman–Crippen MR) is 92.5 cm³/mol. The molecule has 25 heavy (non-hydrogen) atoms. The Morgan fingerprint density at radius 1 is 0.800 bits per heavy atom. The third-order valence-electron chi connectivity index (χ3n) is 3.28. The summed E-state index contributed by atoms with van der Waals surface area (Å²) in [6, 6.07) is 10.7. The number of hydrogen-bond acceptors (Lipinski definition) is 5. The molecule has 0 aliphatic carbocycles. The highest BCUT2D eigenvalue weighted by Gasteiger charge is 2.13. The van der Waals surface area contributed by atoms with Crippen molar-refractivity contribution in [3.8, 4) is 5.75 Å². The standard InChI is InChI=1S/C18H14N4O3/c23-16-8-12(17(24)21-14-3-1-5-19-10-14)7-13(9-16)18(25)22-15-4-2-6-20-11-15/h1-11,23H,(H,21,24)(H,22,25). The van der Waals surface area contributed by atoms with E-state index in [0.717, 1.165) is 0 Å². The molecule has 1 aromatic carbocycles. The van der Waals surface area contributed by atoms with Gasteiger partial charge in [0.05, 0.1) is 23.8 Å². The number of phenolic OH excluding ortho intramolecular Hbond substituents is 1. The summed E-state index contributed by atoms with van der Waals surface area (Å²) in [7, 11) is 0. The summed E-state index contributed by atoms with van der Waals surface area (Å²) in [5, 5.41) is 15.1. The molecule has 0 saturated carbocycles. The summed E-state index contributed by atoms with van der Waals surface area (Å²) < 4.78 is 0. The van der Waals surface area contributed by atoms with E-state index < -0.39 is 11.8 Å².